The standard InChI is InChI=1S/C27H40N4O3/c1-5-20-9-8-18(2)25-21(20)17-23(28-25)27(33)29-22(26-19(3)7-6-12-30(26)4)10-11-24(32)31-13-15-34-16-14-31/h5,8-9,19,22-23,26,28H,1,6-7,10-17H2,2-4H3,(H,29,33). The SMILES string of the molecule is C=Cc1ccc(C)c2c1CC(C(=O)NC(CCC(=O)N1CCOCC1)C1C(C)CCCN1C)N2. The molecule has 2 saturated heterocycles. The average Bonchev–Trinajstić information content (AvgIpc) is 3.29. The Morgan fingerprint density at radius 2 is 2.06 bits per heavy atom. The van der Waals surface area contributed by atoms with Crippen molar-refractivity contribution < 1.29 is 14.3 Å². The molecule has 34 heavy (non-hydrogen) atoms. The Labute approximate surface area is 203 Å². The first-order valence-electron chi connectivity index (χ1n) is 12.8. The van der Waals surface area contributed by atoms with Crippen molar-refractivity contribution >= 4 is 23.6 Å². The molecule has 2 N–H and O–H groups in total. The molecule has 2 amide bonds. The van der Waals surface area contributed by atoms with E-state index in [1.807, 2.05) is 11.0 Å². The lowest BCUT2D eigenvalue weighted by atomic mass is 9.84. The normalized spacial score (nSPS) is 25.9. The fraction of sp³-hybridized carbons (Fsp3) is 0.630. The van der Waals surface area contributed by atoms with Crippen molar-refractivity contribution in [3.63, 3.8) is 0 Å². The van der Waals surface area contributed by atoms with Gasteiger partial charge in [0.25, 0.3) is 0 Å². The van der Waals surface area contributed by atoms with Crippen LogP contribution in [0, 0.1) is 12.8 Å². The summed E-state index contributed by atoms with van der Waals surface area (Å²) >= 11 is 0. The van der Waals surface area contributed by atoms with Gasteiger partial charge in [0.2, 0.25) is 11.8 Å². The number of fused-ring (bicyclic) bond motifs is 1. The van der Waals surface area contributed by atoms with E-state index in [4.69, 9.17) is 4.74 Å². The van der Waals surface area contributed by atoms with Crippen molar-refractivity contribution in [2.24, 2.45) is 5.92 Å². The van der Waals surface area contributed by atoms with Crippen LogP contribution in [0.1, 0.15) is 49.3 Å². The van der Waals surface area contributed by atoms with Gasteiger partial charge in [-0.1, -0.05) is 31.7 Å². The number of benzene rings is 1. The highest BCUT2D eigenvalue weighted by atomic mass is 16.5. The third kappa shape index (κ3) is 5.31. The summed E-state index contributed by atoms with van der Waals surface area (Å²) in [5.41, 5.74) is 4.44. The van der Waals surface area contributed by atoms with E-state index in [1.54, 1.807) is 0 Å². The molecule has 1 aromatic rings. The van der Waals surface area contributed by atoms with E-state index in [1.165, 1.54) is 6.42 Å². The molecule has 186 valence electrons. The molecule has 4 rings (SSSR count). The number of piperidine rings is 1. The Hall–Kier alpha value is -2.38. The van der Waals surface area contributed by atoms with Gasteiger partial charge in [-0.2, -0.15) is 0 Å². The molecule has 0 radical (unpaired) electrons. The predicted molar refractivity (Wildman–Crippen MR) is 136 cm³/mol. The fourth-order valence-electron chi connectivity index (χ4n) is 5.96. The summed E-state index contributed by atoms with van der Waals surface area (Å²) in [6.45, 7) is 11.8. The maximum atomic E-state index is 13.5. The number of hydrogen-bond donors (Lipinski definition) is 2. The van der Waals surface area contributed by atoms with Crippen LogP contribution in [-0.4, -0.2) is 79.6 Å². The van der Waals surface area contributed by atoms with Crippen molar-refractivity contribution in [3.8, 4) is 0 Å². The fourth-order valence-corrected chi connectivity index (χ4v) is 5.96. The minimum Gasteiger partial charge on any atom is -0.378 e. The highest BCUT2D eigenvalue weighted by molar-refractivity contribution is 5.89. The molecule has 4 unspecified atom stereocenters. The number of morpholine rings is 1. The second-order valence-electron chi connectivity index (χ2n) is 10.2. The van der Waals surface area contributed by atoms with Gasteiger partial charge in [0.15, 0.2) is 0 Å². The molecular weight excluding hydrogens is 428 g/mol. The van der Waals surface area contributed by atoms with Crippen LogP contribution in [0.3, 0.4) is 0 Å². The third-order valence-electron chi connectivity index (χ3n) is 7.86. The zero-order valence-corrected chi connectivity index (χ0v) is 20.9. The van der Waals surface area contributed by atoms with Gasteiger partial charge in [0.1, 0.15) is 6.04 Å². The summed E-state index contributed by atoms with van der Waals surface area (Å²) in [6.07, 6.45) is 5.93. The highest BCUT2D eigenvalue weighted by Gasteiger charge is 2.37. The van der Waals surface area contributed by atoms with Crippen LogP contribution in [0.15, 0.2) is 18.7 Å². The van der Waals surface area contributed by atoms with Crippen molar-refractivity contribution in [2.45, 2.75) is 64.1 Å². The van der Waals surface area contributed by atoms with Crippen molar-refractivity contribution in [1.82, 2.24) is 15.1 Å². The Bertz CT molecular complexity index is 901. The first-order chi connectivity index (χ1) is 16.4. The first kappa shape index (κ1) is 24.7. The lowest BCUT2D eigenvalue weighted by Crippen LogP contribution is -2.57. The zero-order chi connectivity index (χ0) is 24.2. The van der Waals surface area contributed by atoms with Crippen LogP contribution >= 0.6 is 0 Å². The number of nitrogens with one attached hydrogen (secondary N) is 2. The number of aryl methyl sites for hydroxylation is 1. The number of likely N-dealkylation sites (tertiary alicyclic amines) is 1. The minimum atomic E-state index is -0.309. The van der Waals surface area contributed by atoms with Crippen molar-refractivity contribution in [3.05, 3.63) is 35.4 Å². The molecule has 0 bridgehead atoms. The predicted octanol–water partition coefficient (Wildman–Crippen LogP) is 2.83. The quantitative estimate of drug-likeness (QED) is 0.644. The Balaban J connectivity index is 1.46. The highest BCUT2D eigenvalue weighted by Crippen LogP contribution is 2.33. The average molecular weight is 469 g/mol. The number of ether oxygens (including phenoxy) is 1. The molecule has 0 spiro atoms. The van der Waals surface area contributed by atoms with Gasteiger partial charge in [-0.05, 0) is 62.4 Å². The number of nitrogens with zero attached hydrogens (tertiary/aromatic N) is 2. The third-order valence-corrected chi connectivity index (χ3v) is 7.86. The second kappa shape index (κ2) is 10.9. The Kier molecular flexibility index (Phi) is 7.94. The molecule has 0 aromatic heterocycles. The van der Waals surface area contributed by atoms with Crippen molar-refractivity contribution in [2.75, 3.05) is 45.2 Å². The largest absolute Gasteiger partial charge is 0.378 e. The number of rotatable bonds is 7. The summed E-state index contributed by atoms with van der Waals surface area (Å²) in [5.74, 6) is 0.637. The molecular formula is C27H40N4O3. The second-order valence-corrected chi connectivity index (χ2v) is 10.2. The number of carbonyl (C=O) groups is 2. The van der Waals surface area contributed by atoms with E-state index in [0.29, 0.717) is 51.5 Å². The number of carbonyl (C=O) groups excluding carboxylic acids is 2. The van der Waals surface area contributed by atoms with Crippen molar-refractivity contribution in [1.29, 1.82) is 0 Å². The van der Waals surface area contributed by atoms with Crippen LogP contribution in [0.4, 0.5) is 5.69 Å². The number of hydrogen-bond acceptors (Lipinski definition) is 5. The monoisotopic (exact) mass is 468 g/mol. The summed E-state index contributed by atoms with van der Waals surface area (Å²) in [5, 5.41) is 6.84. The van der Waals surface area contributed by atoms with E-state index < -0.39 is 0 Å². The van der Waals surface area contributed by atoms with Gasteiger partial charge in [-0.25, -0.2) is 0 Å². The van der Waals surface area contributed by atoms with E-state index in [0.717, 1.165) is 35.3 Å². The summed E-state index contributed by atoms with van der Waals surface area (Å²) < 4.78 is 5.39. The molecule has 0 saturated carbocycles. The summed E-state index contributed by atoms with van der Waals surface area (Å²) in [4.78, 5) is 30.6. The summed E-state index contributed by atoms with van der Waals surface area (Å²) in [7, 11) is 2.15. The van der Waals surface area contributed by atoms with Crippen LogP contribution in [0.2, 0.25) is 0 Å². The molecule has 3 aliphatic rings. The Morgan fingerprint density at radius 1 is 1.29 bits per heavy atom. The van der Waals surface area contributed by atoms with E-state index in [-0.39, 0.29) is 29.9 Å². The van der Waals surface area contributed by atoms with E-state index in [9.17, 15) is 9.59 Å². The topological polar surface area (TPSA) is 73.9 Å². The summed E-state index contributed by atoms with van der Waals surface area (Å²) in [6, 6.07) is 3.99. The van der Waals surface area contributed by atoms with Gasteiger partial charge in [-0.15, -0.1) is 0 Å². The lowest BCUT2D eigenvalue weighted by molar-refractivity contribution is -0.136. The smallest absolute Gasteiger partial charge is 0.243 e. The van der Waals surface area contributed by atoms with Crippen LogP contribution < -0.4 is 10.6 Å². The zero-order valence-electron chi connectivity index (χ0n) is 20.9. The van der Waals surface area contributed by atoms with E-state index in [2.05, 4.69) is 55.1 Å². The maximum absolute atomic E-state index is 13.5. The van der Waals surface area contributed by atoms with Crippen LogP contribution in [0.25, 0.3) is 6.08 Å². The molecule has 1 aromatic carbocycles. The number of likely N-dealkylation sites (N-methyl/N-ethyl adjacent to an activating group) is 1. The van der Waals surface area contributed by atoms with Gasteiger partial charge < -0.3 is 25.2 Å². The number of anilines is 1. The molecule has 7 nitrogen and oxygen atoms in total. The molecule has 2 fully saturated rings. The number of amides is 2. The maximum Gasteiger partial charge on any atom is 0.243 e. The molecule has 3 heterocycles. The Morgan fingerprint density at radius 3 is 2.76 bits per heavy atom. The molecule has 3 aliphatic heterocycles. The van der Waals surface area contributed by atoms with Gasteiger partial charge in [0, 0.05) is 43.7 Å². The van der Waals surface area contributed by atoms with E-state index >= 15 is 0 Å². The van der Waals surface area contributed by atoms with Gasteiger partial charge >= 0.3 is 0 Å². The molecule has 7 heteroatoms. The lowest BCUT2D eigenvalue weighted by Gasteiger charge is -2.43. The molecule has 0 aliphatic carbocycles. The van der Waals surface area contributed by atoms with Crippen LogP contribution in [0.5, 0.6) is 0 Å². The van der Waals surface area contributed by atoms with Crippen LogP contribution in [-0.2, 0) is 20.7 Å². The van der Waals surface area contributed by atoms with Gasteiger partial charge in [0.05, 0.1) is 13.2 Å². The minimum absolute atomic E-state index is 0.0145. The molecule has 4 atom stereocenters. The van der Waals surface area contributed by atoms with Gasteiger partial charge in [-0.3, -0.25) is 9.59 Å². The first-order valence-corrected chi connectivity index (χ1v) is 12.8.